The molecule has 0 radical (unpaired) electrons. The van der Waals surface area contributed by atoms with E-state index in [0.717, 1.165) is 0 Å². The molecular weight excluding hydrogens is 230 g/mol. The molecule has 0 aliphatic heterocycles. The molecule has 2 aromatic carbocycles. The molecule has 0 spiro atoms. The summed E-state index contributed by atoms with van der Waals surface area (Å²) in [6.45, 7) is 2.03. The summed E-state index contributed by atoms with van der Waals surface area (Å²) in [4.78, 5) is 0. The second kappa shape index (κ2) is 5.18. The van der Waals surface area contributed by atoms with Crippen molar-refractivity contribution in [2.75, 3.05) is 0 Å². The summed E-state index contributed by atoms with van der Waals surface area (Å²) in [6, 6.07) is 15.6. The van der Waals surface area contributed by atoms with E-state index >= 15 is 0 Å². The van der Waals surface area contributed by atoms with E-state index < -0.39 is 0 Å². The normalized spacial score (nSPS) is 15.9. The van der Waals surface area contributed by atoms with Gasteiger partial charge in [0.2, 0.25) is 0 Å². The van der Waals surface area contributed by atoms with Crippen LogP contribution in [0, 0.1) is 0 Å². The summed E-state index contributed by atoms with van der Waals surface area (Å²) in [5.41, 5.74) is 12.9. The van der Waals surface area contributed by atoms with Gasteiger partial charge in [-0.25, -0.2) is 0 Å². The minimum absolute atomic E-state index is 0.0950. The van der Waals surface area contributed by atoms with E-state index in [1.165, 1.54) is 47.9 Å². The summed E-state index contributed by atoms with van der Waals surface area (Å²) in [6.07, 6.45) is 5.15. The Balaban J connectivity index is 2.00. The third-order valence-electron chi connectivity index (χ3n) is 4.09. The molecule has 0 aromatic heterocycles. The Hall–Kier alpha value is -1.60. The van der Waals surface area contributed by atoms with Gasteiger partial charge in [-0.3, -0.25) is 0 Å². The smallest absolute Gasteiger partial charge is 0.0266 e. The van der Waals surface area contributed by atoms with Crippen LogP contribution in [0.25, 0.3) is 11.1 Å². The van der Waals surface area contributed by atoms with E-state index in [9.17, 15) is 0 Å². The zero-order valence-corrected chi connectivity index (χ0v) is 11.5. The highest BCUT2D eigenvalue weighted by molar-refractivity contribution is 5.66. The Labute approximate surface area is 115 Å². The van der Waals surface area contributed by atoms with Crippen LogP contribution in [0.1, 0.15) is 42.5 Å². The van der Waals surface area contributed by atoms with E-state index in [-0.39, 0.29) is 6.04 Å². The molecule has 2 aromatic rings. The molecule has 0 fully saturated rings. The van der Waals surface area contributed by atoms with Gasteiger partial charge in [0.15, 0.2) is 0 Å². The predicted octanol–water partition coefficient (Wildman–Crippen LogP) is 4.25. The standard InChI is InChI=1S/C18H21N/c1-13(19)15-7-4-8-17(11-15)18-10-9-14-5-2-3-6-16(14)12-18/h4,7-13H,2-3,5-6,19H2,1H3. The molecule has 3 rings (SSSR count). The lowest BCUT2D eigenvalue weighted by molar-refractivity contribution is 0.686. The highest BCUT2D eigenvalue weighted by atomic mass is 14.6. The van der Waals surface area contributed by atoms with Gasteiger partial charge in [0.25, 0.3) is 0 Å². The monoisotopic (exact) mass is 251 g/mol. The third kappa shape index (κ3) is 2.57. The third-order valence-corrected chi connectivity index (χ3v) is 4.09. The van der Waals surface area contributed by atoms with Gasteiger partial charge in [-0.1, -0.05) is 36.4 Å². The van der Waals surface area contributed by atoms with Crippen molar-refractivity contribution in [2.24, 2.45) is 5.73 Å². The predicted molar refractivity (Wildman–Crippen MR) is 81.1 cm³/mol. The van der Waals surface area contributed by atoms with Gasteiger partial charge in [-0.05, 0) is 66.5 Å². The van der Waals surface area contributed by atoms with Crippen molar-refractivity contribution in [2.45, 2.75) is 38.6 Å². The van der Waals surface area contributed by atoms with Crippen molar-refractivity contribution in [1.82, 2.24) is 0 Å². The van der Waals surface area contributed by atoms with Crippen LogP contribution in [0.3, 0.4) is 0 Å². The lowest BCUT2D eigenvalue weighted by atomic mass is 9.89. The van der Waals surface area contributed by atoms with Crippen LogP contribution in [0.5, 0.6) is 0 Å². The van der Waals surface area contributed by atoms with E-state index in [2.05, 4.69) is 42.5 Å². The number of fused-ring (bicyclic) bond motifs is 1. The number of aryl methyl sites for hydroxylation is 2. The number of rotatable bonds is 2. The summed E-state index contributed by atoms with van der Waals surface area (Å²) >= 11 is 0. The Morgan fingerprint density at radius 2 is 1.63 bits per heavy atom. The Kier molecular flexibility index (Phi) is 3.39. The molecule has 1 aliphatic carbocycles. The minimum Gasteiger partial charge on any atom is -0.324 e. The van der Waals surface area contributed by atoms with E-state index in [0.29, 0.717) is 0 Å². The lowest BCUT2D eigenvalue weighted by Gasteiger charge is -2.17. The first-order valence-electron chi connectivity index (χ1n) is 7.22. The summed E-state index contributed by atoms with van der Waals surface area (Å²) in [7, 11) is 0. The van der Waals surface area contributed by atoms with Crippen molar-refractivity contribution in [3.8, 4) is 11.1 Å². The Bertz CT molecular complexity index is 584. The highest BCUT2D eigenvalue weighted by Gasteiger charge is 2.10. The molecule has 98 valence electrons. The zero-order chi connectivity index (χ0) is 13.2. The number of hydrogen-bond acceptors (Lipinski definition) is 1. The summed E-state index contributed by atoms with van der Waals surface area (Å²) in [5, 5.41) is 0. The van der Waals surface area contributed by atoms with E-state index in [1.54, 1.807) is 5.56 Å². The number of nitrogens with two attached hydrogens (primary N) is 1. The number of benzene rings is 2. The SMILES string of the molecule is CC(N)c1cccc(-c2ccc3c(c2)CCCC3)c1. The molecule has 19 heavy (non-hydrogen) atoms. The van der Waals surface area contributed by atoms with Crippen molar-refractivity contribution in [1.29, 1.82) is 0 Å². The molecule has 1 nitrogen and oxygen atoms in total. The first kappa shape index (κ1) is 12.4. The Morgan fingerprint density at radius 1 is 0.895 bits per heavy atom. The molecule has 0 saturated heterocycles. The molecule has 0 amide bonds. The fourth-order valence-corrected chi connectivity index (χ4v) is 2.91. The van der Waals surface area contributed by atoms with Crippen LogP contribution in [0.4, 0.5) is 0 Å². The van der Waals surface area contributed by atoms with Gasteiger partial charge in [-0.2, -0.15) is 0 Å². The minimum atomic E-state index is 0.0950. The molecule has 1 aliphatic rings. The maximum Gasteiger partial charge on any atom is 0.0266 e. The fraction of sp³-hybridized carbons (Fsp3) is 0.333. The maximum atomic E-state index is 5.97. The molecule has 2 N–H and O–H groups in total. The summed E-state index contributed by atoms with van der Waals surface area (Å²) < 4.78 is 0. The molecule has 0 heterocycles. The molecule has 0 bridgehead atoms. The molecule has 1 atom stereocenters. The van der Waals surface area contributed by atoms with Crippen LogP contribution in [-0.4, -0.2) is 0 Å². The highest BCUT2D eigenvalue weighted by Crippen LogP contribution is 2.28. The molecular formula is C18H21N. The van der Waals surface area contributed by atoms with E-state index in [1.807, 2.05) is 6.92 Å². The van der Waals surface area contributed by atoms with Gasteiger partial charge < -0.3 is 5.73 Å². The van der Waals surface area contributed by atoms with E-state index in [4.69, 9.17) is 5.73 Å². The molecule has 1 heteroatoms. The van der Waals surface area contributed by atoms with Crippen LogP contribution in [0.15, 0.2) is 42.5 Å². The second-order valence-corrected chi connectivity index (χ2v) is 5.60. The van der Waals surface area contributed by atoms with Crippen molar-refractivity contribution >= 4 is 0 Å². The largest absolute Gasteiger partial charge is 0.324 e. The summed E-state index contributed by atoms with van der Waals surface area (Å²) in [5.74, 6) is 0. The number of hydrogen-bond donors (Lipinski definition) is 1. The van der Waals surface area contributed by atoms with Crippen molar-refractivity contribution in [3.63, 3.8) is 0 Å². The maximum absolute atomic E-state index is 5.97. The van der Waals surface area contributed by atoms with Gasteiger partial charge >= 0.3 is 0 Å². The molecule has 0 saturated carbocycles. The first-order chi connectivity index (χ1) is 9.24. The zero-order valence-electron chi connectivity index (χ0n) is 11.5. The van der Waals surface area contributed by atoms with Gasteiger partial charge in [0, 0.05) is 6.04 Å². The average Bonchev–Trinajstić information content (AvgIpc) is 2.47. The van der Waals surface area contributed by atoms with Crippen LogP contribution >= 0.6 is 0 Å². The van der Waals surface area contributed by atoms with Crippen LogP contribution in [0.2, 0.25) is 0 Å². The average molecular weight is 251 g/mol. The van der Waals surface area contributed by atoms with Crippen LogP contribution < -0.4 is 5.73 Å². The van der Waals surface area contributed by atoms with Gasteiger partial charge in [-0.15, -0.1) is 0 Å². The Morgan fingerprint density at radius 3 is 2.42 bits per heavy atom. The second-order valence-electron chi connectivity index (χ2n) is 5.60. The van der Waals surface area contributed by atoms with Gasteiger partial charge in [0.1, 0.15) is 0 Å². The topological polar surface area (TPSA) is 26.0 Å². The first-order valence-corrected chi connectivity index (χ1v) is 7.22. The van der Waals surface area contributed by atoms with Crippen LogP contribution in [-0.2, 0) is 12.8 Å². The molecule has 1 unspecified atom stereocenters. The van der Waals surface area contributed by atoms with Crippen molar-refractivity contribution in [3.05, 3.63) is 59.2 Å². The van der Waals surface area contributed by atoms with Gasteiger partial charge in [0.05, 0.1) is 0 Å². The fourth-order valence-electron chi connectivity index (χ4n) is 2.91. The van der Waals surface area contributed by atoms with Crippen molar-refractivity contribution < 1.29 is 0 Å². The lowest BCUT2D eigenvalue weighted by Crippen LogP contribution is -2.05. The quantitative estimate of drug-likeness (QED) is 0.848.